The van der Waals surface area contributed by atoms with Crippen LogP contribution >= 0.6 is 11.6 Å². The van der Waals surface area contributed by atoms with Gasteiger partial charge in [0.05, 0.1) is 17.4 Å². The van der Waals surface area contributed by atoms with Crippen LogP contribution in [-0.4, -0.2) is 30.2 Å². The van der Waals surface area contributed by atoms with Crippen molar-refractivity contribution in [2.24, 2.45) is 0 Å². The maximum atomic E-state index is 6.12. The van der Waals surface area contributed by atoms with Crippen molar-refractivity contribution >= 4 is 33.9 Å². The lowest BCUT2D eigenvalue weighted by molar-refractivity contribution is 0.786. The minimum absolute atomic E-state index is 0.680. The van der Waals surface area contributed by atoms with E-state index in [9.17, 15) is 0 Å². The summed E-state index contributed by atoms with van der Waals surface area (Å²) in [6.45, 7) is 0. The van der Waals surface area contributed by atoms with E-state index < -0.39 is 0 Å². The van der Waals surface area contributed by atoms with Gasteiger partial charge in [-0.3, -0.25) is 9.97 Å². The average Bonchev–Trinajstić information content (AvgIpc) is 3.29. The van der Waals surface area contributed by atoms with Crippen molar-refractivity contribution in [2.75, 3.05) is 5.32 Å². The van der Waals surface area contributed by atoms with Gasteiger partial charge in [-0.2, -0.15) is 4.68 Å². The summed E-state index contributed by atoms with van der Waals surface area (Å²) in [6.07, 6.45) is 6.86. The number of halogens is 1. The zero-order valence-corrected chi connectivity index (χ0v) is 15.8. The fourth-order valence-corrected chi connectivity index (χ4v) is 3.34. The molecule has 0 aliphatic heterocycles. The van der Waals surface area contributed by atoms with Crippen molar-refractivity contribution < 1.29 is 0 Å². The number of hydrogen-bond acceptors (Lipinski definition) is 6. The smallest absolute Gasteiger partial charge is 0.143 e. The molecule has 3 heterocycles. The lowest BCUT2D eigenvalue weighted by Gasteiger charge is -2.11. The van der Waals surface area contributed by atoms with Crippen LogP contribution in [0.5, 0.6) is 0 Å². The topological polar surface area (TPSA) is 81.4 Å². The van der Waals surface area contributed by atoms with E-state index in [0.29, 0.717) is 5.02 Å². The highest BCUT2D eigenvalue weighted by atomic mass is 35.5. The molecule has 0 atom stereocenters. The van der Waals surface area contributed by atoms with E-state index in [4.69, 9.17) is 11.6 Å². The number of anilines is 2. The van der Waals surface area contributed by atoms with Crippen LogP contribution in [-0.2, 0) is 0 Å². The van der Waals surface area contributed by atoms with E-state index in [1.54, 1.807) is 17.1 Å². The van der Waals surface area contributed by atoms with Crippen LogP contribution in [0.1, 0.15) is 0 Å². The molecular formula is C21H14ClN7. The number of nitrogens with zero attached hydrogens (tertiary/aromatic N) is 6. The summed E-state index contributed by atoms with van der Waals surface area (Å²) in [5.41, 5.74) is 5.52. The molecule has 8 heteroatoms. The van der Waals surface area contributed by atoms with Gasteiger partial charge in [0.2, 0.25) is 0 Å². The third-order valence-electron chi connectivity index (χ3n) is 4.52. The monoisotopic (exact) mass is 399 g/mol. The molecule has 1 N–H and O–H groups in total. The Balaban J connectivity index is 1.57. The van der Waals surface area contributed by atoms with Gasteiger partial charge in [-0.1, -0.05) is 23.7 Å². The van der Waals surface area contributed by atoms with Gasteiger partial charge in [-0.25, -0.2) is 0 Å². The van der Waals surface area contributed by atoms with Crippen LogP contribution in [0.25, 0.3) is 27.7 Å². The fraction of sp³-hybridized carbons (Fsp3) is 0. The van der Waals surface area contributed by atoms with Gasteiger partial charge in [0.15, 0.2) is 0 Å². The minimum Gasteiger partial charge on any atom is -0.355 e. The second kappa shape index (κ2) is 7.29. The first-order valence-electron chi connectivity index (χ1n) is 8.86. The van der Waals surface area contributed by atoms with Gasteiger partial charge in [-0.05, 0) is 58.5 Å². The molecule has 0 spiro atoms. The Hall–Kier alpha value is -3.84. The predicted molar refractivity (Wildman–Crippen MR) is 112 cm³/mol. The van der Waals surface area contributed by atoms with Crippen molar-refractivity contribution in [2.45, 2.75) is 0 Å². The van der Waals surface area contributed by atoms with Crippen LogP contribution in [0, 0.1) is 0 Å². The van der Waals surface area contributed by atoms with E-state index in [1.165, 1.54) is 6.33 Å². The largest absolute Gasteiger partial charge is 0.355 e. The van der Waals surface area contributed by atoms with Crippen molar-refractivity contribution in [1.82, 2.24) is 30.2 Å². The van der Waals surface area contributed by atoms with Crippen molar-refractivity contribution in [3.05, 3.63) is 84.5 Å². The number of nitrogens with one attached hydrogen (secondary N) is 1. The quantitative estimate of drug-likeness (QED) is 0.473. The van der Waals surface area contributed by atoms with Crippen LogP contribution in [0.15, 0.2) is 79.5 Å². The van der Waals surface area contributed by atoms with E-state index in [-0.39, 0.29) is 0 Å². The normalized spacial score (nSPS) is 10.9. The molecule has 140 valence electrons. The minimum atomic E-state index is 0.680. The molecule has 0 radical (unpaired) electrons. The first-order valence-corrected chi connectivity index (χ1v) is 9.24. The molecule has 0 amide bonds. The summed E-state index contributed by atoms with van der Waals surface area (Å²) in [7, 11) is 0. The molecule has 0 fully saturated rings. The zero-order valence-electron chi connectivity index (χ0n) is 15.1. The second-order valence-electron chi connectivity index (χ2n) is 6.41. The van der Waals surface area contributed by atoms with Crippen LogP contribution in [0.4, 0.5) is 11.4 Å². The van der Waals surface area contributed by atoms with E-state index in [1.807, 2.05) is 54.7 Å². The van der Waals surface area contributed by atoms with Gasteiger partial charge < -0.3 is 5.32 Å². The standard InChI is InChI=1S/C21H14ClN7/c22-16-2-1-3-17(10-16)26-21-6-7-24-20-5-4-14(9-19(20)21)15-8-18(12-23-11-15)29-13-25-27-28-29/h1-13H,(H,24,26). The molecule has 2 aromatic carbocycles. The first-order chi connectivity index (χ1) is 14.3. The molecule has 0 aliphatic carbocycles. The summed E-state index contributed by atoms with van der Waals surface area (Å²) >= 11 is 6.12. The highest BCUT2D eigenvalue weighted by Gasteiger charge is 2.08. The average molecular weight is 400 g/mol. The van der Waals surface area contributed by atoms with E-state index in [0.717, 1.165) is 39.1 Å². The number of benzene rings is 2. The summed E-state index contributed by atoms with van der Waals surface area (Å²) in [4.78, 5) is 8.82. The molecular weight excluding hydrogens is 386 g/mol. The third kappa shape index (κ3) is 3.51. The number of fused-ring (bicyclic) bond motifs is 1. The lowest BCUT2D eigenvalue weighted by atomic mass is 10.0. The van der Waals surface area contributed by atoms with Crippen molar-refractivity contribution in [1.29, 1.82) is 0 Å². The summed E-state index contributed by atoms with van der Waals surface area (Å²) < 4.78 is 1.57. The first kappa shape index (κ1) is 17.3. The predicted octanol–water partition coefficient (Wildman–Crippen LogP) is 4.67. The Morgan fingerprint density at radius 3 is 2.76 bits per heavy atom. The molecule has 0 saturated heterocycles. The van der Waals surface area contributed by atoms with Crippen LogP contribution in [0.2, 0.25) is 5.02 Å². The summed E-state index contributed by atoms with van der Waals surface area (Å²) in [5, 5.41) is 16.4. The molecule has 0 unspecified atom stereocenters. The number of rotatable bonds is 4. The molecule has 5 aromatic rings. The van der Waals surface area contributed by atoms with Gasteiger partial charge >= 0.3 is 0 Å². The van der Waals surface area contributed by atoms with Gasteiger partial charge in [0.1, 0.15) is 6.33 Å². The number of tetrazole rings is 1. The molecule has 5 rings (SSSR count). The number of pyridine rings is 2. The molecule has 0 saturated carbocycles. The highest BCUT2D eigenvalue weighted by Crippen LogP contribution is 2.30. The summed E-state index contributed by atoms with van der Waals surface area (Å²) in [5.74, 6) is 0. The fourth-order valence-electron chi connectivity index (χ4n) is 3.15. The molecule has 0 bridgehead atoms. The van der Waals surface area contributed by atoms with Crippen molar-refractivity contribution in [3.63, 3.8) is 0 Å². The Labute approximate surface area is 171 Å². The van der Waals surface area contributed by atoms with Gasteiger partial charge in [0.25, 0.3) is 0 Å². The molecule has 0 aliphatic rings. The third-order valence-corrected chi connectivity index (χ3v) is 4.75. The van der Waals surface area contributed by atoms with Crippen LogP contribution < -0.4 is 5.32 Å². The molecule has 3 aromatic heterocycles. The zero-order chi connectivity index (χ0) is 19.6. The van der Waals surface area contributed by atoms with Crippen LogP contribution in [0.3, 0.4) is 0 Å². The van der Waals surface area contributed by atoms with E-state index in [2.05, 4.69) is 36.9 Å². The van der Waals surface area contributed by atoms with E-state index >= 15 is 0 Å². The maximum absolute atomic E-state index is 6.12. The van der Waals surface area contributed by atoms with Crippen molar-refractivity contribution in [3.8, 4) is 16.8 Å². The highest BCUT2D eigenvalue weighted by molar-refractivity contribution is 6.30. The second-order valence-corrected chi connectivity index (χ2v) is 6.85. The molecule has 7 nitrogen and oxygen atoms in total. The Morgan fingerprint density at radius 2 is 1.90 bits per heavy atom. The lowest BCUT2D eigenvalue weighted by Crippen LogP contribution is -1.96. The Kier molecular flexibility index (Phi) is 4.34. The van der Waals surface area contributed by atoms with Gasteiger partial charge in [-0.15, -0.1) is 5.10 Å². The molecule has 29 heavy (non-hydrogen) atoms. The Morgan fingerprint density at radius 1 is 0.931 bits per heavy atom. The SMILES string of the molecule is Clc1cccc(Nc2ccnc3ccc(-c4cncc(-n5cnnn5)c4)cc23)c1. The Bertz CT molecular complexity index is 1300. The number of hydrogen-bond donors (Lipinski definition) is 1. The maximum Gasteiger partial charge on any atom is 0.143 e. The summed E-state index contributed by atoms with van der Waals surface area (Å²) in [6, 6.07) is 17.7. The van der Waals surface area contributed by atoms with Gasteiger partial charge in [0, 0.05) is 39.7 Å². The number of aromatic nitrogens is 6.